The third-order valence-corrected chi connectivity index (χ3v) is 6.09. The summed E-state index contributed by atoms with van der Waals surface area (Å²) in [7, 11) is -3.22. The smallest absolute Gasteiger partial charge is 0.179 e. The van der Waals surface area contributed by atoms with Gasteiger partial charge in [-0.1, -0.05) is 11.6 Å². The molecule has 0 aliphatic carbocycles. The van der Waals surface area contributed by atoms with Crippen molar-refractivity contribution in [3.05, 3.63) is 29.3 Å². The number of halogens is 1. The summed E-state index contributed by atoms with van der Waals surface area (Å²) in [4.78, 5) is 2.59. The van der Waals surface area contributed by atoms with Crippen LogP contribution in [0.3, 0.4) is 0 Å². The standard InChI is InChI=1S/C15H23ClN2O2S/c16-14-1-3-15(4-2-14)21(19,20)12-11-18-9-6-13(5-8-17)7-10-18/h1-4,13H,5-12,17H2. The minimum Gasteiger partial charge on any atom is -0.330 e. The molecule has 0 aromatic heterocycles. The van der Waals surface area contributed by atoms with E-state index in [1.807, 2.05) is 0 Å². The van der Waals surface area contributed by atoms with Gasteiger partial charge in [-0.2, -0.15) is 0 Å². The van der Waals surface area contributed by atoms with Crippen LogP contribution in [0.2, 0.25) is 5.02 Å². The minimum absolute atomic E-state index is 0.163. The van der Waals surface area contributed by atoms with Crippen molar-refractivity contribution in [1.82, 2.24) is 4.90 Å². The average molecular weight is 331 g/mol. The van der Waals surface area contributed by atoms with Crippen LogP contribution in [0.25, 0.3) is 0 Å². The number of nitrogens with two attached hydrogens (primary N) is 1. The first-order valence-electron chi connectivity index (χ1n) is 7.42. The maximum absolute atomic E-state index is 12.3. The highest BCUT2D eigenvalue weighted by atomic mass is 35.5. The predicted molar refractivity (Wildman–Crippen MR) is 86.3 cm³/mol. The molecule has 0 radical (unpaired) electrons. The monoisotopic (exact) mass is 330 g/mol. The van der Waals surface area contributed by atoms with Crippen LogP contribution in [0, 0.1) is 5.92 Å². The lowest BCUT2D eigenvalue weighted by molar-refractivity contribution is 0.189. The molecule has 1 aromatic carbocycles. The number of benzene rings is 1. The van der Waals surface area contributed by atoms with E-state index in [0.29, 0.717) is 22.4 Å². The Morgan fingerprint density at radius 2 is 1.81 bits per heavy atom. The van der Waals surface area contributed by atoms with Crippen LogP contribution >= 0.6 is 11.6 Å². The SMILES string of the molecule is NCCC1CCN(CCS(=O)(=O)c2ccc(Cl)cc2)CC1. The van der Waals surface area contributed by atoms with E-state index in [9.17, 15) is 8.42 Å². The molecule has 0 bridgehead atoms. The van der Waals surface area contributed by atoms with Crippen molar-refractivity contribution in [2.45, 2.75) is 24.2 Å². The third kappa shape index (κ3) is 4.95. The Hall–Kier alpha value is -0.620. The van der Waals surface area contributed by atoms with Gasteiger partial charge in [-0.3, -0.25) is 0 Å². The summed E-state index contributed by atoms with van der Waals surface area (Å²) in [5, 5.41) is 0.552. The predicted octanol–water partition coefficient (Wildman–Crippen LogP) is 2.17. The van der Waals surface area contributed by atoms with Crippen molar-refractivity contribution in [2.75, 3.05) is 31.9 Å². The first kappa shape index (κ1) is 16.7. The Labute approximate surface area is 132 Å². The second-order valence-corrected chi connectivity index (χ2v) is 8.18. The van der Waals surface area contributed by atoms with E-state index in [2.05, 4.69) is 4.90 Å². The van der Waals surface area contributed by atoms with Crippen LogP contribution in [0.5, 0.6) is 0 Å². The first-order valence-corrected chi connectivity index (χ1v) is 9.45. The highest BCUT2D eigenvalue weighted by molar-refractivity contribution is 7.91. The summed E-state index contributed by atoms with van der Waals surface area (Å²) in [5.74, 6) is 0.870. The summed E-state index contributed by atoms with van der Waals surface area (Å²) in [6.07, 6.45) is 3.33. The molecule has 6 heteroatoms. The van der Waals surface area contributed by atoms with Gasteiger partial charge in [0.1, 0.15) is 0 Å². The molecule has 2 rings (SSSR count). The van der Waals surface area contributed by atoms with Gasteiger partial charge in [0.2, 0.25) is 0 Å². The largest absolute Gasteiger partial charge is 0.330 e. The maximum Gasteiger partial charge on any atom is 0.179 e. The van der Waals surface area contributed by atoms with Gasteiger partial charge in [-0.05, 0) is 69.1 Å². The molecule has 118 valence electrons. The van der Waals surface area contributed by atoms with Gasteiger partial charge in [0.05, 0.1) is 10.6 Å². The van der Waals surface area contributed by atoms with Crippen molar-refractivity contribution in [3.63, 3.8) is 0 Å². The number of rotatable bonds is 6. The van der Waals surface area contributed by atoms with Crippen LogP contribution in [-0.4, -0.2) is 45.2 Å². The van der Waals surface area contributed by atoms with Gasteiger partial charge in [-0.25, -0.2) is 8.42 Å². The van der Waals surface area contributed by atoms with Crippen molar-refractivity contribution in [2.24, 2.45) is 11.7 Å². The maximum atomic E-state index is 12.3. The Bertz CT molecular complexity index is 537. The molecule has 1 aliphatic rings. The highest BCUT2D eigenvalue weighted by Crippen LogP contribution is 2.20. The summed E-state index contributed by atoms with van der Waals surface area (Å²) < 4.78 is 24.5. The molecule has 0 unspecified atom stereocenters. The van der Waals surface area contributed by atoms with Crippen LogP contribution in [0.15, 0.2) is 29.2 Å². The van der Waals surface area contributed by atoms with E-state index in [-0.39, 0.29) is 5.75 Å². The third-order valence-electron chi connectivity index (χ3n) is 4.13. The second-order valence-electron chi connectivity index (χ2n) is 5.64. The number of hydrogen-bond donors (Lipinski definition) is 1. The lowest BCUT2D eigenvalue weighted by atomic mass is 9.94. The number of nitrogens with zero attached hydrogens (tertiary/aromatic N) is 1. The minimum atomic E-state index is -3.22. The van der Waals surface area contributed by atoms with Crippen molar-refractivity contribution in [3.8, 4) is 0 Å². The Morgan fingerprint density at radius 1 is 1.19 bits per heavy atom. The lowest BCUT2D eigenvalue weighted by Gasteiger charge is -2.31. The molecule has 1 aliphatic heterocycles. The van der Waals surface area contributed by atoms with Gasteiger partial charge in [0.15, 0.2) is 9.84 Å². The number of likely N-dealkylation sites (tertiary alicyclic amines) is 1. The topological polar surface area (TPSA) is 63.4 Å². The first-order chi connectivity index (χ1) is 10.0. The highest BCUT2D eigenvalue weighted by Gasteiger charge is 2.21. The van der Waals surface area contributed by atoms with Gasteiger partial charge >= 0.3 is 0 Å². The zero-order chi connectivity index (χ0) is 15.3. The molecular formula is C15H23ClN2O2S. The van der Waals surface area contributed by atoms with Crippen molar-refractivity contribution < 1.29 is 8.42 Å². The molecule has 1 aromatic rings. The van der Waals surface area contributed by atoms with Gasteiger partial charge in [0.25, 0.3) is 0 Å². The van der Waals surface area contributed by atoms with Crippen LogP contribution in [0.4, 0.5) is 0 Å². The Balaban J connectivity index is 1.84. The molecule has 1 heterocycles. The van der Waals surface area contributed by atoms with Crippen molar-refractivity contribution >= 4 is 21.4 Å². The number of sulfone groups is 1. The van der Waals surface area contributed by atoms with E-state index < -0.39 is 9.84 Å². The summed E-state index contributed by atoms with van der Waals surface area (Å²) in [6.45, 7) is 3.29. The van der Waals surface area contributed by atoms with Crippen LogP contribution in [0.1, 0.15) is 19.3 Å². The zero-order valence-corrected chi connectivity index (χ0v) is 13.7. The molecule has 21 heavy (non-hydrogen) atoms. The molecule has 0 atom stereocenters. The fraction of sp³-hybridized carbons (Fsp3) is 0.600. The summed E-state index contributed by atoms with van der Waals surface area (Å²) in [5.41, 5.74) is 5.58. The van der Waals surface area contributed by atoms with Gasteiger partial charge in [-0.15, -0.1) is 0 Å². The van der Waals surface area contributed by atoms with E-state index in [1.54, 1.807) is 24.3 Å². The van der Waals surface area contributed by atoms with E-state index in [4.69, 9.17) is 17.3 Å². The summed E-state index contributed by atoms with van der Waals surface area (Å²) >= 11 is 5.79. The lowest BCUT2D eigenvalue weighted by Crippen LogP contribution is -2.37. The second kappa shape index (κ2) is 7.58. The van der Waals surface area contributed by atoms with E-state index >= 15 is 0 Å². The normalized spacial score (nSPS) is 18.0. The molecule has 4 nitrogen and oxygen atoms in total. The van der Waals surface area contributed by atoms with E-state index in [0.717, 1.165) is 38.9 Å². The van der Waals surface area contributed by atoms with E-state index in [1.165, 1.54) is 0 Å². The van der Waals surface area contributed by atoms with Crippen LogP contribution < -0.4 is 5.73 Å². The summed E-state index contributed by atoms with van der Waals surface area (Å²) in [6, 6.07) is 6.38. The Kier molecular flexibility index (Phi) is 6.05. The van der Waals surface area contributed by atoms with Crippen molar-refractivity contribution in [1.29, 1.82) is 0 Å². The molecule has 2 N–H and O–H groups in total. The molecule has 0 amide bonds. The molecule has 1 saturated heterocycles. The molecule has 0 spiro atoms. The van der Waals surface area contributed by atoms with Gasteiger partial charge < -0.3 is 10.6 Å². The fourth-order valence-corrected chi connectivity index (χ4v) is 4.15. The Morgan fingerprint density at radius 3 is 2.38 bits per heavy atom. The molecular weight excluding hydrogens is 308 g/mol. The molecule has 1 fully saturated rings. The van der Waals surface area contributed by atoms with Gasteiger partial charge in [0, 0.05) is 11.6 Å². The quantitative estimate of drug-likeness (QED) is 0.868. The fourth-order valence-electron chi connectivity index (χ4n) is 2.74. The number of hydrogen-bond acceptors (Lipinski definition) is 4. The number of piperidine rings is 1. The van der Waals surface area contributed by atoms with Crippen LogP contribution in [-0.2, 0) is 9.84 Å². The average Bonchev–Trinajstić information content (AvgIpc) is 2.47. The zero-order valence-electron chi connectivity index (χ0n) is 12.2. The molecule has 0 saturated carbocycles.